The minimum atomic E-state index is -0.486. The zero-order valence-electron chi connectivity index (χ0n) is 10.0. The third-order valence-corrected chi connectivity index (χ3v) is 3.94. The van der Waals surface area contributed by atoms with Crippen LogP contribution in [0, 0.1) is 0 Å². The quantitative estimate of drug-likeness (QED) is 0.822. The van der Waals surface area contributed by atoms with Crippen molar-refractivity contribution < 1.29 is 5.11 Å². The molecule has 0 bridgehead atoms. The van der Waals surface area contributed by atoms with Crippen molar-refractivity contribution in [3.63, 3.8) is 0 Å². The Morgan fingerprint density at radius 3 is 2.50 bits per heavy atom. The van der Waals surface area contributed by atoms with E-state index in [0.717, 1.165) is 31.5 Å². The largest absolute Gasteiger partial charge is 0.385 e. The van der Waals surface area contributed by atoms with E-state index < -0.39 is 5.60 Å². The molecule has 0 atom stereocenters. The van der Waals surface area contributed by atoms with Crippen LogP contribution in [0.1, 0.15) is 43.4 Å². The van der Waals surface area contributed by atoms with Gasteiger partial charge in [-0.1, -0.05) is 18.2 Å². The number of benzene rings is 1. The molecule has 1 aromatic rings. The Labute approximate surface area is 96.9 Å². The summed E-state index contributed by atoms with van der Waals surface area (Å²) < 4.78 is 0. The molecule has 0 aromatic heterocycles. The molecule has 1 aliphatic heterocycles. The second-order valence-electron chi connectivity index (χ2n) is 5.51. The van der Waals surface area contributed by atoms with Crippen LogP contribution >= 0.6 is 0 Å². The summed E-state index contributed by atoms with van der Waals surface area (Å²) >= 11 is 0. The predicted octanol–water partition coefficient (Wildman–Crippen LogP) is 2.39. The van der Waals surface area contributed by atoms with Gasteiger partial charge in [-0.15, -0.1) is 0 Å². The number of hydrogen-bond acceptors (Lipinski definition) is 2. The van der Waals surface area contributed by atoms with E-state index in [0.29, 0.717) is 6.04 Å². The fraction of sp³-hybridized carbons (Fsp3) is 0.571. The van der Waals surface area contributed by atoms with Gasteiger partial charge in [-0.3, -0.25) is 4.90 Å². The fourth-order valence-corrected chi connectivity index (χ4v) is 2.48. The summed E-state index contributed by atoms with van der Waals surface area (Å²) in [6, 6.07) is 7.11. The Balaban J connectivity index is 1.89. The monoisotopic (exact) mass is 217 g/mol. The Morgan fingerprint density at radius 2 is 1.88 bits per heavy atom. The fourth-order valence-electron chi connectivity index (χ4n) is 2.48. The summed E-state index contributed by atoms with van der Waals surface area (Å²) in [7, 11) is 0. The Hall–Kier alpha value is -0.860. The zero-order valence-corrected chi connectivity index (χ0v) is 10.0. The van der Waals surface area contributed by atoms with Crippen molar-refractivity contribution in [1.82, 2.24) is 4.90 Å². The van der Waals surface area contributed by atoms with Gasteiger partial charge in [-0.2, -0.15) is 0 Å². The highest BCUT2D eigenvalue weighted by molar-refractivity contribution is 5.39. The van der Waals surface area contributed by atoms with Gasteiger partial charge in [0.25, 0.3) is 0 Å². The Bertz CT molecular complexity index is 421. The molecule has 16 heavy (non-hydrogen) atoms. The number of fused-ring (bicyclic) bond motifs is 1. The molecule has 0 amide bonds. The maximum Gasteiger partial charge on any atom is 0.0899 e. The van der Waals surface area contributed by atoms with E-state index in [4.69, 9.17) is 0 Å². The molecular weight excluding hydrogens is 198 g/mol. The zero-order chi connectivity index (χ0) is 11.3. The molecule has 0 unspecified atom stereocenters. The summed E-state index contributed by atoms with van der Waals surface area (Å²) in [6.07, 6.45) is 1.86. The molecule has 1 N–H and O–H groups in total. The first-order valence-electron chi connectivity index (χ1n) is 6.17. The van der Waals surface area contributed by atoms with Gasteiger partial charge in [-0.05, 0) is 43.4 Å². The van der Waals surface area contributed by atoms with E-state index >= 15 is 0 Å². The van der Waals surface area contributed by atoms with Crippen molar-refractivity contribution in [1.29, 1.82) is 0 Å². The average molecular weight is 217 g/mol. The van der Waals surface area contributed by atoms with Gasteiger partial charge in [0.05, 0.1) is 5.60 Å². The highest BCUT2D eigenvalue weighted by Gasteiger charge is 2.42. The van der Waals surface area contributed by atoms with Crippen LogP contribution in [0.3, 0.4) is 0 Å². The number of nitrogens with zero attached hydrogens (tertiary/aromatic N) is 1. The lowest BCUT2D eigenvalue weighted by Crippen LogP contribution is -2.24. The van der Waals surface area contributed by atoms with Gasteiger partial charge < -0.3 is 5.11 Å². The second kappa shape index (κ2) is 3.31. The smallest absolute Gasteiger partial charge is 0.0899 e. The van der Waals surface area contributed by atoms with Gasteiger partial charge in [-0.25, -0.2) is 0 Å². The number of rotatable bonds is 2. The maximum atomic E-state index is 10.1. The second-order valence-corrected chi connectivity index (χ2v) is 5.51. The predicted molar refractivity (Wildman–Crippen MR) is 64.0 cm³/mol. The van der Waals surface area contributed by atoms with Gasteiger partial charge in [0, 0.05) is 19.1 Å². The van der Waals surface area contributed by atoms with E-state index in [1.54, 1.807) is 0 Å². The number of aliphatic hydroxyl groups is 1. The van der Waals surface area contributed by atoms with Gasteiger partial charge in [0.15, 0.2) is 0 Å². The molecule has 1 saturated carbocycles. The number of hydrogen-bond donors (Lipinski definition) is 1. The molecule has 0 spiro atoms. The van der Waals surface area contributed by atoms with Crippen molar-refractivity contribution in [2.24, 2.45) is 0 Å². The topological polar surface area (TPSA) is 23.5 Å². The van der Waals surface area contributed by atoms with Crippen LogP contribution < -0.4 is 0 Å². The normalized spacial score (nSPS) is 22.5. The van der Waals surface area contributed by atoms with Gasteiger partial charge >= 0.3 is 0 Å². The van der Waals surface area contributed by atoms with Crippen LogP contribution in [0.15, 0.2) is 18.2 Å². The third-order valence-electron chi connectivity index (χ3n) is 3.94. The first kappa shape index (κ1) is 10.3. The molecule has 1 aromatic carbocycles. The van der Waals surface area contributed by atoms with E-state index in [-0.39, 0.29) is 0 Å². The maximum absolute atomic E-state index is 10.1. The van der Waals surface area contributed by atoms with Crippen molar-refractivity contribution >= 4 is 0 Å². The average Bonchev–Trinajstić information content (AvgIpc) is 2.86. The molecule has 0 saturated heterocycles. The summed E-state index contributed by atoms with van der Waals surface area (Å²) in [4.78, 5) is 2.46. The molecule has 86 valence electrons. The first-order valence-corrected chi connectivity index (χ1v) is 6.17. The lowest BCUT2D eigenvalue weighted by Gasteiger charge is -2.18. The molecule has 1 aliphatic carbocycles. The third kappa shape index (κ3) is 1.57. The highest BCUT2D eigenvalue weighted by atomic mass is 16.3. The minimum Gasteiger partial charge on any atom is -0.385 e. The molecule has 1 heterocycles. The molecule has 3 rings (SSSR count). The van der Waals surface area contributed by atoms with E-state index in [2.05, 4.69) is 36.9 Å². The summed E-state index contributed by atoms with van der Waals surface area (Å²) in [5.41, 5.74) is 3.48. The van der Waals surface area contributed by atoms with Gasteiger partial charge in [0.2, 0.25) is 0 Å². The van der Waals surface area contributed by atoms with Crippen LogP contribution in [0.2, 0.25) is 0 Å². The van der Waals surface area contributed by atoms with E-state index in [9.17, 15) is 5.11 Å². The van der Waals surface area contributed by atoms with Crippen LogP contribution in [0.5, 0.6) is 0 Å². The van der Waals surface area contributed by atoms with Crippen molar-refractivity contribution in [2.45, 2.75) is 51.4 Å². The van der Waals surface area contributed by atoms with Crippen LogP contribution in [-0.2, 0) is 18.7 Å². The molecule has 1 fully saturated rings. The Morgan fingerprint density at radius 1 is 1.19 bits per heavy atom. The highest BCUT2D eigenvalue weighted by Crippen LogP contribution is 2.46. The van der Waals surface area contributed by atoms with E-state index in [1.165, 1.54) is 11.1 Å². The van der Waals surface area contributed by atoms with Crippen LogP contribution in [0.25, 0.3) is 0 Å². The van der Waals surface area contributed by atoms with Crippen molar-refractivity contribution in [3.05, 3.63) is 34.9 Å². The lowest BCUT2D eigenvalue weighted by molar-refractivity contribution is 0.151. The van der Waals surface area contributed by atoms with Crippen molar-refractivity contribution in [3.8, 4) is 0 Å². The van der Waals surface area contributed by atoms with Crippen LogP contribution in [0.4, 0.5) is 0 Å². The summed E-state index contributed by atoms with van der Waals surface area (Å²) in [6.45, 7) is 6.57. The standard InChI is InChI=1S/C14H19NO/c1-10(2)15-8-11-3-4-13(7-12(11)9-15)14(16)5-6-14/h3-4,7,10,16H,5-6,8-9H2,1-2H3. The van der Waals surface area contributed by atoms with Crippen LogP contribution in [-0.4, -0.2) is 16.0 Å². The van der Waals surface area contributed by atoms with E-state index in [1.807, 2.05) is 0 Å². The molecule has 0 radical (unpaired) electrons. The molecule has 2 aliphatic rings. The van der Waals surface area contributed by atoms with Crippen molar-refractivity contribution in [2.75, 3.05) is 0 Å². The summed E-state index contributed by atoms with van der Waals surface area (Å²) in [5, 5.41) is 10.1. The Kier molecular flexibility index (Phi) is 2.13. The van der Waals surface area contributed by atoms with Gasteiger partial charge in [0.1, 0.15) is 0 Å². The minimum absolute atomic E-state index is 0.486. The molecule has 2 heteroatoms. The molecule has 2 nitrogen and oxygen atoms in total. The summed E-state index contributed by atoms with van der Waals surface area (Å²) in [5.74, 6) is 0. The lowest BCUT2D eigenvalue weighted by atomic mass is 10.0. The molecular formula is C14H19NO. The SMILES string of the molecule is CC(C)N1Cc2ccc(C3(O)CC3)cc2C1. The first-order chi connectivity index (χ1) is 7.58.